The normalized spacial score (nSPS) is 16.3. The summed E-state index contributed by atoms with van der Waals surface area (Å²) in [6.45, 7) is 5.03. The predicted molar refractivity (Wildman–Crippen MR) is 112 cm³/mol. The molecule has 2 aromatic carbocycles. The van der Waals surface area contributed by atoms with E-state index in [1.54, 1.807) is 11.0 Å². The van der Waals surface area contributed by atoms with Gasteiger partial charge < -0.3 is 15.0 Å². The van der Waals surface area contributed by atoms with Crippen molar-refractivity contribution in [3.05, 3.63) is 53.1 Å². The summed E-state index contributed by atoms with van der Waals surface area (Å²) in [6, 6.07) is 12.8. The molecule has 1 fully saturated rings. The summed E-state index contributed by atoms with van der Waals surface area (Å²) in [7, 11) is 0. The summed E-state index contributed by atoms with van der Waals surface area (Å²) in [5.41, 5.74) is 2.30. The molecule has 1 saturated heterocycles. The van der Waals surface area contributed by atoms with E-state index in [0.29, 0.717) is 23.9 Å². The van der Waals surface area contributed by atoms with Crippen LogP contribution >= 0.6 is 11.6 Å². The van der Waals surface area contributed by atoms with E-state index in [-0.39, 0.29) is 18.2 Å². The molecule has 3 rings (SSSR count). The number of carbonyl (C=O) groups excluding carboxylic acids is 2. The van der Waals surface area contributed by atoms with Crippen molar-refractivity contribution in [3.8, 4) is 5.75 Å². The number of nitrogens with zero attached hydrogens (tertiary/aromatic N) is 1. The molecule has 148 valence electrons. The quantitative estimate of drug-likeness (QED) is 0.678. The van der Waals surface area contributed by atoms with Crippen molar-refractivity contribution in [1.29, 1.82) is 0 Å². The monoisotopic (exact) mass is 400 g/mol. The smallest absolute Gasteiger partial charge is 0.229 e. The SMILES string of the molecule is CCCCOc1ccc(NC(=O)[C@H]2CC(=O)N(c3cccc(Cl)c3C)C2)cc1. The number of unbranched alkanes of at least 4 members (excludes halogenated alkanes) is 1. The molecule has 0 saturated carbocycles. The van der Waals surface area contributed by atoms with E-state index in [1.165, 1.54) is 0 Å². The van der Waals surface area contributed by atoms with Crippen LogP contribution in [0.3, 0.4) is 0 Å². The van der Waals surface area contributed by atoms with Crippen LogP contribution in [0.25, 0.3) is 0 Å². The van der Waals surface area contributed by atoms with E-state index < -0.39 is 5.92 Å². The second-order valence-corrected chi connectivity index (χ2v) is 7.41. The maximum Gasteiger partial charge on any atom is 0.229 e. The highest BCUT2D eigenvalue weighted by atomic mass is 35.5. The van der Waals surface area contributed by atoms with Crippen molar-refractivity contribution in [2.75, 3.05) is 23.4 Å². The number of rotatable bonds is 7. The Labute approximate surface area is 170 Å². The highest BCUT2D eigenvalue weighted by molar-refractivity contribution is 6.31. The van der Waals surface area contributed by atoms with Crippen molar-refractivity contribution in [2.45, 2.75) is 33.1 Å². The van der Waals surface area contributed by atoms with Crippen LogP contribution in [0.1, 0.15) is 31.7 Å². The number of amides is 2. The molecule has 1 aliphatic rings. The van der Waals surface area contributed by atoms with Gasteiger partial charge in [0.15, 0.2) is 0 Å². The fraction of sp³-hybridized carbons (Fsp3) is 0.364. The third-order valence-corrected chi connectivity index (χ3v) is 5.32. The predicted octanol–water partition coefficient (Wildman–Crippen LogP) is 4.82. The third-order valence-electron chi connectivity index (χ3n) is 4.91. The van der Waals surface area contributed by atoms with Gasteiger partial charge >= 0.3 is 0 Å². The van der Waals surface area contributed by atoms with Gasteiger partial charge in [0, 0.05) is 29.4 Å². The zero-order chi connectivity index (χ0) is 20.1. The lowest BCUT2D eigenvalue weighted by atomic mass is 10.1. The van der Waals surface area contributed by atoms with E-state index in [0.717, 1.165) is 29.8 Å². The van der Waals surface area contributed by atoms with Crippen molar-refractivity contribution in [3.63, 3.8) is 0 Å². The van der Waals surface area contributed by atoms with Gasteiger partial charge in [0.2, 0.25) is 11.8 Å². The topological polar surface area (TPSA) is 58.6 Å². The number of anilines is 2. The average Bonchev–Trinajstić information content (AvgIpc) is 3.07. The Kier molecular flexibility index (Phi) is 6.57. The Bertz CT molecular complexity index is 851. The molecule has 0 aliphatic carbocycles. The lowest BCUT2D eigenvalue weighted by Gasteiger charge is -2.19. The maximum atomic E-state index is 12.6. The van der Waals surface area contributed by atoms with Gasteiger partial charge in [0.1, 0.15) is 5.75 Å². The van der Waals surface area contributed by atoms with Crippen LogP contribution in [0, 0.1) is 12.8 Å². The molecular weight excluding hydrogens is 376 g/mol. The summed E-state index contributed by atoms with van der Waals surface area (Å²) in [6.07, 6.45) is 2.28. The molecule has 1 heterocycles. The zero-order valence-electron chi connectivity index (χ0n) is 16.2. The first-order valence-electron chi connectivity index (χ1n) is 9.58. The Morgan fingerprint density at radius 2 is 2.00 bits per heavy atom. The van der Waals surface area contributed by atoms with Gasteiger partial charge in [-0.05, 0) is 55.3 Å². The molecule has 2 amide bonds. The van der Waals surface area contributed by atoms with Crippen molar-refractivity contribution in [1.82, 2.24) is 0 Å². The van der Waals surface area contributed by atoms with E-state index in [4.69, 9.17) is 16.3 Å². The molecule has 1 aliphatic heterocycles. The Hall–Kier alpha value is -2.53. The number of hydrogen-bond acceptors (Lipinski definition) is 3. The molecular formula is C22H25ClN2O3. The van der Waals surface area contributed by atoms with Gasteiger partial charge in [-0.25, -0.2) is 0 Å². The first-order chi connectivity index (χ1) is 13.5. The van der Waals surface area contributed by atoms with Crippen LogP contribution in [0.2, 0.25) is 5.02 Å². The molecule has 28 heavy (non-hydrogen) atoms. The van der Waals surface area contributed by atoms with Crippen LogP contribution in [-0.4, -0.2) is 25.0 Å². The van der Waals surface area contributed by atoms with Crippen LogP contribution in [-0.2, 0) is 9.59 Å². The standard InChI is InChI=1S/C22H25ClN2O3/c1-3-4-12-28-18-10-8-17(9-11-18)24-22(27)16-13-21(26)25(14-16)20-7-5-6-19(23)15(20)2/h5-11,16H,3-4,12-14H2,1-2H3,(H,24,27)/t16-/m0/s1. The minimum Gasteiger partial charge on any atom is -0.494 e. The van der Waals surface area contributed by atoms with Crippen LogP contribution in [0.5, 0.6) is 5.75 Å². The number of ether oxygens (including phenoxy) is 1. The van der Waals surface area contributed by atoms with Gasteiger partial charge in [0.05, 0.1) is 12.5 Å². The lowest BCUT2D eigenvalue weighted by molar-refractivity contribution is -0.122. The molecule has 1 N–H and O–H groups in total. The fourth-order valence-corrected chi connectivity index (χ4v) is 3.39. The Balaban J connectivity index is 1.61. The van der Waals surface area contributed by atoms with Gasteiger partial charge in [-0.1, -0.05) is 31.0 Å². The minimum atomic E-state index is -0.397. The summed E-state index contributed by atoms with van der Waals surface area (Å²) in [4.78, 5) is 26.7. The number of benzene rings is 2. The van der Waals surface area contributed by atoms with E-state index in [1.807, 2.05) is 43.3 Å². The van der Waals surface area contributed by atoms with Gasteiger partial charge in [-0.15, -0.1) is 0 Å². The first-order valence-corrected chi connectivity index (χ1v) is 9.96. The second kappa shape index (κ2) is 9.11. The van der Waals surface area contributed by atoms with E-state index >= 15 is 0 Å². The molecule has 1 atom stereocenters. The number of hydrogen-bond donors (Lipinski definition) is 1. The molecule has 0 aromatic heterocycles. The van der Waals surface area contributed by atoms with E-state index in [9.17, 15) is 9.59 Å². The van der Waals surface area contributed by atoms with Crippen molar-refractivity contribution < 1.29 is 14.3 Å². The lowest BCUT2D eigenvalue weighted by Crippen LogP contribution is -2.28. The zero-order valence-corrected chi connectivity index (χ0v) is 17.0. The molecule has 0 radical (unpaired) electrons. The molecule has 0 spiro atoms. The van der Waals surface area contributed by atoms with Crippen molar-refractivity contribution >= 4 is 34.8 Å². The maximum absolute atomic E-state index is 12.6. The summed E-state index contributed by atoms with van der Waals surface area (Å²) < 4.78 is 5.63. The number of carbonyl (C=O) groups is 2. The fourth-order valence-electron chi connectivity index (χ4n) is 3.22. The summed E-state index contributed by atoms with van der Waals surface area (Å²) in [5, 5.41) is 3.51. The Morgan fingerprint density at radius 3 is 2.71 bits per heavy atom. The van der Waals surface area contributed by atoms with Crippen LogP contribution in [0.15, 0.2) is 42.5 Å². The van der Waals surface area contributed by atoms with Crippen molar-refractivity contribution in [2.24, 2.45) is 5.92 Å². The number of nitrogens with one attached hydrogen (secondary N) is 1. The summed E-state index contributed by atoms with van der Waals surface area (Å²) >= 11 is 6.17. The van der Waals surface area contributed by atoms with Crippen LogP contribution in [0.4, 0.5) is 11.4 Å². The minimum absolute atomic E-state index is 0.0646. The second-order valence-electron chi connectivity index (χ2n) is 7.00. The highest BCUT2D eigenvalue weighted by Crippen LogP contribution is 2.32. The summed E-state index contributed by atoms with van der Waals surface area (Å²) in [5.74, 6) is 0.164. The van der Waals surface area contributed by atoms with Gasteiger partial charge in [-0.3, -0.25) is 9.59 Å². The average molecular weight is 401 g/mol. The molecule has 0 bridgehead atoms. The largest absolute Gasteiger partial charge is 0.494 e. The third kappa shape index (κ3) is 4.65. The Morgan fingerprint density at radius 1 is 1.25 bits per heavy atom. The van der Waals surface area contributed by atoms with Gasteiger partial charge in [-0.2, -0.15) is 0 Å². The molecule has 2 aromatic rings. The molecule has 0 unspecified atom stereocenters. The van der Waals surface area contributed by atoms with Gasteiger partial charge in [0.25, 0.3) is 0 Å². The highest BCUT2D eigenvalue weighted by Gasteiger charge is 2.35. The number of halogens is 1. The van der Waals surface area contributed by atoms with Crippen LogP contribution < -0.4 is 15.0 Å². The first kappa shape index (κ1) is 20.2. The molecule has 5 nitrogen and oxygen atoms in total. The molecule has 6 heteroatoms. The van der Waals surface area contributed by atoms with E-state index in [2.05, 4.69) is 12.2 Å².